The van der Waals surface area contributed by atoms with Crippen LogP contribution in [0.15, 0.2) is 48.2 Å². The standard InChI is InChI=1S/C27H32N2O6/c1-32-21-7-5-4-6-18(21)16-25-27(31)29-20-15-19(9-11-22(20)35-25)26(30)28-13-12-17-8-10-23(33-2)24(14-17)34-3/h4-8,10,14,16,19-20,22H,9,11-13,15H2,1-3H3,(H,28,30)(H,29,31)/b25-16-. The lowest BCUT2D eigenvalue weighted by Crippen LogP contribution is -2.54. The van der Waals surface area contributed by atoms with Crippen LogP contribution in [0, 0.1) is 5.92 Å². The Balaban J connectivity index is 1.30. The van der Waals surface area contributed by atoms with Crippen LogP contribution in [-0.2, 0) is 20.7 Å². The van der Waals surface area contributed by atoms with Gasteiger partial charge in [0, 0.05) is 18.0 Å². The number of amides is 2. The summed E-state index contributed by atoms with van der Waals surface area (Å²) in [4.78, 5) is 25.5. The number of hydrogen-bond donors (Lipinski definition) is 2. The SMILES string of the molecule is COc1ccccc1/C=C1\OC2CCC(C(=O)NCCc3ccc(OC)c(OC)c3)CC2NC1=O. The van der Waals surface area contributed by atoms with E-state index in [-0.39, 0.29) is 35.6 Å². The lowest BCUT2D eigenvalue weighted by atomic mass is 9.82. The van der Waals surface area contributed by atoms with Crippen molar-refractivity contribution >= 4 is 17.9 Å². The van der Waals surface area contributed by atoms with Gasteiger partial charge in [-0.05, 0) is 55.5 Å². The van der Waals surface area contributed by atoms with Crippen LogP contribution in [0.3, 0.4) is 0 Å². The van der Waals surface area contributed by atoms with Crippen molar-refractivity contribution < 1.29 is 28.5 Å². The van der Waals surface area contributed by atoms with Gasteiger partial charge >= 0.3 is 0 Å². The first-order valence-corrected chi connectivity index (χ1v) is 11.8. The number of fused-ring (bicyclic) bond motifs is 1. The molecule has 2 aromatic carbocycles. The zero-order valence-electron chi connectivity index (χ0n) is 20.3. The molecule has 1 aliphatic carbocycles. The molecule has 1 aliphatic heterocycles. The molecule has 186 valence electrons. The molecule has 2 N–H and O–H groups in total. The number of carbonyl (C=O) groups excluding carboxylic acids is 2. The summed E-state index contributed by atoms with van der Waals surface area (Å²) in [6.07, 6.45) is 4.20. The van der Waals surface area contributed by atoms with Crippen molar-refractivity contribution in [3.05, 3.63) is 59.4 Å². The molecule has 0 bridgehead atoms. The van der Waals surface area contributed by atoms with E-state index in [1.54, 1.807) is 27.4 Å². The van der Waals surface area contributed by atoms with Crippen molar-refractivity contribution in [3.63, 3.8) is 0 Å². The smallest absolute Gasteiger partial charge is 0.286 e. The van der Waals surface area contributed by atoms with Crippen molar-refractivity contribution in [1.82, 2.24) is 10.6 Å². The number of benzene rings is 2. The van der Waals surface area contributed by atoms with Gasteiger partial charge in [0.15, 0.2) is 17.3 Å². The fourth-order valence-corrected chi connectivity index (χ4v) is 4.67. The topological polar surface area (TPSA) is 95.1 Å². The van der Waals surface area contributed by atoms with E-state index in [1.165, 1.54) is 0 Å². The summed E-state index contributed by atoms with van der Waals surface area (Å²) in [6.45, 7) is 0.521. The highest BCUT2D eigenvalue weighted by molar-refractivity contribution is 5.97. The van der Waals surface area contributed by atoms with Gasteiger partial charge in [0.2, 0.25) is 5.91 Å². The fourth-order valence-electron chi connectivity index (χ4n) is 4.67. The third-order valence-electron chi connectivity index (χ3n) is 6.56. The predicted octanol–water partition coefficient (Wildman–Crippen LogP) is 3.10. The van der Waals surface area contributed by atoms with E-state index in [4.69, 9.17) is 18.9 Å². The zero-order valence-corrected chi connectivity index (χ0v) is 20.3. The van der Waals surface area contributed by atoms with Crippen molar-refractivity contribution in [2.45, 2.75) is 37.8 Å². The minimum atomic E-state index is -0.272. The Morgan fingerprint density at radius 1 is 1.06 bits per heavy atom. The third-order valence-corrected chi connectivity index (χ3v) is 6.56. The van der Waals surface area contributed by atoms with Gasteiger partial charge in [-0.25, -0.2) is 0 Å². The summed E-state index contributed by atoms with van der Waals surface area (Å²) in [6, 6.07) is 13.0. The van der Waals surface area contributed by atoms with Crippen molar-refractivity contribution in [1.29, 1.82) is 0 Å². The van der Waals surface area contributed by atoms with Gasteiger partial charge in [0.25, 0.3) is 5.91 Å². The molecule has 2 fully saturated rings. The van der Waals surface area contributed by atoms with Crippen LogP contribution < -0.4 is 24.8 Å². The Morgan fingerprint density at radius 3 is 2.60 bits per heavy atom. The van der Waals surface area contributed by atoms with Crippen LogP contribution in [0.1, 0.15) is 30.4 Å². The molecule has 3 atom stereocenters. The highest BCUT2D eigenvalue weighted by Gasteiger charge is 2.40. The second-order valence-electron chi connectivity index (χ2n) is 8.73. The molecule has 3 unspecified atom stereocenters. The first kappa shape index (κ1) is 24.4. The number of hydrogen-bond acceptors (Lipinski definition) is 6. The van der Waals surface area contributed by atoms with E-state index in [2.05, 4.69) is 10.6 Å². The van der Waals surface area contributed by atoms with E-state index >= 15 is 0 Å². The average molecular weight is 481 g/mol. The van der Waals surface area contributed by atoms with Crippen LogP contribution in [0.4, 0.5) is 0 Å². The summed E-state index contributed by atoms with van der Waals surface area (Å²) in [7, 11) is 4.80. The summed E-state index contributed by atoms with van der Waals surface area (Å²) in [5.41, 5.74) is 1.83. The van der Waals surface area contributed by atoms with Gasteiger partial charge in [-0.2, -0.15) is 0 Å². The molecule has 0 aromatic heterocycles. The minimum Gasteiger partial charge on any atom is -0.496 e. The zero-order chi connectivity index (χ0) is 24.8. The number of carbonyl (C=O) groups is 2. The van der Waals surface area contributed by atoms with Crippen LogP contribution in [0.5, 0.6) is 17.2 Å². The average Bonchev–Trinajstić information content (AvgIpc) is 2.88. The molecule has 2 aliphatic rings. The van der Waals surface area contributed by atoms with Crippen molar-refractivity contribution in [3.8, 4) is 17.2 Å². The molecule has 8 heteroatoms. The van der Waals surface area contributed by atoms with Gasteiger partial charge in [0.1, 0.15) is 11.9 Å². The molecular weight excluding hydrogens is 448 g/mol. The second kappa shape index (κ2) is 11.2. The largest absolute Gasteiger partial charge is 0.496 e. The van der Waals surface area contributed by atoms with Crippen LogP contribution in [0.2, 0.25) is 0 Å². The molecule has 2 aromatic rings. The number of para-hydroxylation sites is 1. The number of rotatable bonds is 8. The molecular formula is C27H32N2O6. The Bertz CT molecular complexity index is 1100. The predicted molar refractivity (Wildman–Crippen MR) is 131 cm³/mol. The monoisotopic (exact) mass is 480 g/mol. The normalized spacial score (nSPS) is 22.4. The first-order valence-electron chi connectivity index (χ1n) is 11.8. The molecule has 8 nitrogen and oxygen atoms in total. The fraction of sp³-hybridized carbons (Fsp3) is 0.407. The Morgan fingerprint density at radius 2 is 1.83 bits per heavy atom. The van der Waals surface area contributed by atoms with Gasteiger partial charge in [-0.1, -0.05) is 24.3 Å². The number of nitrogens with one attached hydrogen (secondary N) is 2. The number of methoxy groups -OCH3 is 3. The highest BCUT2D eigenvalue weighted by Crippen LogP contribution is 2.32. The van der Waals surface area contributed by atoms with Gasteiger partial charge in [-0.15, -0.1) is 0 Å². The van der Waals surface area contributed by atoms with E-state index in [0.717, 1.165) is 11.1 Å². The molecule has 1 saturated heterocycles. The quantitative estimate of drug-likeness (QED) is 0.564. The van der Waals surface area contributed by atoms with Crippen molar-refractivity contribution in [2.24, 2.45) is 5.92 Å². The third kappa shape index (κ3) is 5.70. The summed E-state index contributed by atoms with van der Waals surface area (Å²) in [5, 5.41) is 6.08. The number of morpholine rings is 1. The molecule has 4 rings (SSSR count). The van der Waals surface area contributed by atoms with Crippen molar-refractivity contribution in [2.75, 3.05) is 27.9 Å². The summed E-state index contributed by atoms with van der Waals surface area (Å²) >= 11 is 0. The molecule has 0 radical (unpaired) electrons. The maximum absolute atomic E-state index is 12.8. The summed E-state index contributed by atoms with van der Waals surface area (Å²) < 4.78 is 22.0. The molecule has 0 spiro atoms. The second-order valence-corrected chi connectivity index (χ2v) is 8.73. The van der Waals surface area contributed by atoms with Gasteiger partial charge in [0.05, 0.1) is 27.4 Å². The Kier molecular flexibility index (Phi) is 7.80. The van der Waals surface area contributed by atoms with Gasteiger partial charge in [-0.3, -0.25) is 9.59 Å². The molecule has 2 amide bonds. The lowest BCUT2D eigenvalue weighted by molar-refractivity contribution is -0.134. The maximum atomic E-state index is 12.8. The Hall–Kier alpha value is -3.68. The Labute approximate surface area is 205 Å². The molecule has 1 heterocycles. The first-order chi connectivity index (χ1) is 17.0. The van der Waals surface area contributed by atoms with E-state index in [1.807, 2.05) is 42.5 Å². The summed E-state index contributed by atoms with van der Waals surface area (Å²) in [5.74, 6) is 1.86. The lowest BCUT2D eigenvalue weighted by Gasteiger charge is -2.39. The molecule has 35 heavy (non-hydrogen) atoms. The highest BCUT2D eigenvalue weighted by atomic mass is 16.5. The van der Waals surface area contributed by atoms with Crippen LogP contribution in [0.25, 0.3) is 6.08 Å². The minimum absolute atomic E-state index is 0.00790. The van der Waals surface area contributed by atoms with E-state index in [0.29, 0.717) is 49.5 Å². The van der Waals surface area contributed by atoms with Gasteiger partial charge < -0.3 is 29.6 Å². The van der Waals surface area contributed by atoms with Crippen LogP contribution >= 0.6 is 0 Å². The van der Waals surface area contributed by atoms with Crippen LogP contribution in [-0.4, -0.2) is 51.8 Å². The maximum Gasteiger partial charge on any atom is 0.286 e. The van der Waals surface area contributed by atoms with E-state index in [9.17, 15) is 9.59 Å². The molecule has 1 saturated carbocycles. The van der Waals surface area contributed by atoms with E-state index < -0.39 is 0 Å². The number of ether oxygens (including phenoxy) is 4.